The van der Waals surface area contributed by atoms with E-state index in [0.29, 0.717) is 13.2 Å². The molecule has 1 aromatic rings. The largest absolute Gasteiger partial charge is 0.493 e. The average Bonchev–Trinajstić information content (AvgIpc) is 2.93. The molecule has 1 aliphatic heterocycles. The van der Waals surface area contributed by atoms with Crippen molar-refractivity contribution in [3.8, 4) is 5.75 Å². The van der Waals surface area contributed by atoms with Crippen LogP contribution in [-0.4, -0.2) is 40.1 Å². The van der Waals surface area contributed by atoms with E-state index in [1.54, 1.807) is 7.11 Å². The fraction of sp³-hybridized carbons (Fsp3) is 0.625. The van der Waals surface area contributed by atoms with Crippen molar-refractivity contribution in [2.75, 3.05) is 40.1 Å². The van der Waals surface area contributed by atoms with Crippen molar-refractivity contribution < 1.29 is 14.2 Å². The fourth-order valence-corrected chi connectivity index (χ4v) is 2.95. The minimum Gasteiger partial charge on any atom is -0.493 e. The van der Waals surface area contributed by atoms with Gasteiger partial charge in [0.15, 0.2) is 0 Å². The van der Waals surface area contributed by atoms with Crippen molar-refractivity contribution in [3.05, 3.63) is 27.7 Å². The van der Waals surface area contributed by atoms with E-state index in [0.717, 1.165) is 55.8 Å². The fourth-order valence-electron chi connectivity index (χ4n) is 2.40. The Kier molecular flexibility index (Phi) is 7.50. The van der Waals surface area contributed by atoms with Crippen molar-refractivity contribution in [2.24, 2.45) is 0 Å². The predicted molar refractivity (Wildman–Crippen MR) is 87.0 cm³/mol. The van der Waals surface area contributed by atoms with E-state index >= 15 is 0 Å². The molecule has 2 rings (SSSR count). The molecule has 0 fully saturated rings. The smallest absolute Gasteiger partial charge is 0.127 e. The summed E-state index contributed by atoms with van der Waals surface area (Å²) in [7, 11) is 1.69. The summed E-state index contributed by atoms with van der Waals surface area (Å²) in [6.45, 7) is 4.82. The van der Waals surface area contributed by atoms with Gasteiger partial charge in [0.25, 0.3) is 0 Å². The molecule has 1 aliphatic rings. The van der Waals surface area contributed by atoms with Gasteiger partial charge < -0.3 is 19.5 Å². The van der Waals surface area contributed by atoms with Crippen LogP contribution in [0.5, 0.6) is 5.75 Å². The lowest BCUT2D eigenvalue weighted by molar-refractivity contribution is 0.0688. The molecule has 0 bridgehead atoms. The Morgan fingerprint density at radius 2 is 2.14 bits per heavy atom. The number of fused-ring (bicyclic) bond motifs is 1. The Labute approximate surface area is 135 Å². The molecule has 1 heterocycles. The first-order valence-electron chi connectivity index (χ1n) is 7.52. The van der Waals surface area contributed by atoms with Crippen LogP contribution in [-0.2, 0) is 22.4 Å². The molecule has 0 unspecified atom stereocenters. The number of benzene rings is 1. The number of unbranched alkanes of at least 4 members (excludes halogenated alkanes) is 1. The van der Waals surface area contributed by atoms with Crippen molar-refractivity contribution in [2.45, 2.75) is 25.8 Å². The molecular formula is C16H24BrNO3. The summed E-state index contributed by atoms with van der Waals surface area (Å²) in [5, 5.41) is 3.48. The summed E-state index contributed by atoms with van der Waals surface area (Å²) in [6, 6.07) is 4.30. The highest BCUT2D eigenvalue weighted by molar-refractivity contribution is 9.10. The zero-order valence-corrected chi connectivity index (χ0v) is 14.2. The first-order valence-corrected chi connectivity index (χ1v) is 8.32. The second kappa shape index (κ2) is 9.41. The molecule has 0 aliphatic carbocycles. The first kappa shape index (κ1) is 16.7. The van der Waals surface area contributed by atoms with Crippen LogP contribution in [0.25, 0.3) is 0 Å². The number of methoxy groups -OCH3 is 1. The van der Waals surface area contributed by atoms with Crippen LogP contribution in [0.15, 0.2) is 16.6 Å². The number of nitrogens with one attached hydrogen (secondary N) is 1. The third kappa shape index (κ3) is 5.58. The van der Waals surface area contributed by atoms with Gasteiger partial charge in [-0.2, -0.15) is 0 Å². The Morgan fingerprint density at radius 3 is 3.00 bits per heavy atom. The van der Waals surface area contributed by atoms with Crippen LogP contribution in [0.4, 0.5) is 0 Å². The number of hydrogen-bond donors (Lipinski definition) is 1. The van der Waals surface area contributed by atoms with Crippen LogP contribution < -0.4 is 10.1 Å². The van der Waals surface area contributed by atoms with Crippen LogP contribution in [0, 0.1) is 0 Å². The maximum atomic E-state index is 5.73. The highest BCUT2D eigenvalue weighted by atomic mass is 79.9. The summed E-state index contributed by atoms with van der Waals surface area (Å²) >= 11 is 3.57. The lowest BCUT2D eigenvalue weighted by Gasteiger charge is -2.10. The topological polar surface area (TPSA) is 39.7 Å². The van der Waals surface area contributed by atoms with Crippen LogP contribution in [0.2, 0.25) is 0 Å². The molecule has 0 saturated heterocycles. The van der Waals surface area contributed by atoms with Crippen molar-refractivity contribution in [1.29, 1.82) is 0 Å². The Hall–Kier alpha value is -0.620. The van der Waals surface area contributed by atoms with Gasteiger partial charge in [0.2, 0.25) is 0 Å². The SMILES string of the molecule is COCCOCCCCNCc1cc(Br)cc2c1OCC2. The van der Waals surface area contributed by atoms with Gasteiger partial charge in [-0.1, -0.05) is 15.9 Å². The van der Waals surface area contributed by atoms with Crippen LogP contribution >= 0.6 is 15.9 Å². The summed E-state index contributed by atoms with van der Waals surface area (Å²) in [6.07, 6.45) is 3.20. The van der Waals surface area contributed by atoms with Crippen molar-refractivity contribution in [1.82, 2.24) is 5.32 Å². The minimum absolute atomic E-state index is 0.673. The second-order valence-corrected chi connectivity index (χ2v) is 6.06. The number of hydrogen-bond acceptors (Lipinski definition) is 4. The quantitative estimate of drug-likeness (QED) is 0.653. The van der Waals surface area contributed by atoms with E-state index in [4.69, 9.17) is 14.2 Å². The van der Waals surface area contributed by atoms with E-state index in [1.807, 2.05) is 0 Å². The van der Waals surface area contributed by atoms with E-state index in [2.05, 4.69) is 33.4 Å². The normalized spacial score (nSPS) is 13.2. The monoisotopic (exact) mass is 357 g/mol. The maximum absolute atomic E-state index is 5.73. The molecule has 0 atom stereocenters. The van der Waals surface area contributed by atoms with Gasteiger partial charge in [-0.25, -0.2) is 0 Å². The molecule has 0 spiro atoms. The Morgan fingerprint density at radius 1 is 1.24 bits per heavy atom. The van der Waals surface area contributed by atoms with E-state index in [1.165, 1.54) is 11.1 Å². The molecule has 1 aromatic carbocycles. The van der Waals surface area contributed by atoms with Gasteiger partial charge >= 0.3 is 0 Å². The van der Waals surface area contributed by atoms with Gasteiger partial charge in [-0.3, -0.25) is 0 Å². The first-order chi connectivity index (χ1) is 10.3. The van der Waals surface area contributed by atoms with Gasteiger partial charge in [-0.15, -0.1) is 0 Å². The zero-order chi connectivity index (χ0) is 14.9. The molecule has 0 saturated carbocycles. The molecular weight excluding hydrogens is 334 g/mol. The molecule has 118 valence electrons. The van der Waals surface area contributed by atoms with Crippen molar-refractivity contribution >= 4 is 15.9 Å². The summed E-state index contributed by atoms with van der Waals surface area (Å²) in [4.78, 5) is 0. The standard InChI is InChI=1S/C16H24BrNO3/c1-19-8-9-20-6-3-2-5-18-12-14-11-15(17)10-13-4-7-21-16(13)14/h10-11,18H,2-9,12H2,1H3. The maximum Gasteiger partial charge on any atom is 0.127 e. The van der Waals surface area contributed by atoms with Gasteiger partial charge in [0.1, 0.15) is 5.75 Å². The predicted octanol–water partition coefficient (Wildman–Crippen LogP) is 2.92. The number of ether oxygens (including phenoxy) is 3. The molecule has 0 amide bonds. The third-order valence-electron chi connectivity index (χ3n) is 3.46. The molecule has 21 heavy (non-hydrogen) atoms. The Bertz CT molecular complexity index is 440. The molecule has 0 radical (unpaired) electrons. The second-order valence-electron chi connectivity index (χ2n) is 5.14. The molecule has 1 N–H and O–H groups in total. The zero-order valence-electron chi connectivity index (χ0n) is 12.6. The van der Waals surface area contributed by atoms with E-state index < -0.39 is 0 Å². The van der Waals surface area contributed by atoms with Gasteiger partial charge in [0, 0.05) is 36.7 Å². The summed E-state index contributed by atoms with van der Waals surface area (Å²) in [5.41, 5.74) is 2.56. The van der Waals surface area contributed by atoms with Gasteiger partial charge in [-0.05, 0) is 37.1 Å². The molecule has 0 aromatic heterocycles. The van der Waals surface area contributed by atoms with Crippen LogP contribution in [0.3, 0.4) is 0 Å². The lowest BCUT2D eigenvalue weighted by atomic mass is 10.1. The van der Waals surface area contributed by atoms with Crippen LogP contribution in [0.1, 0.15) is 24.0 Å². The third-order valence-corrected chi connectivity index (χ3v) is 3.92. The van der Waals surface area contributed by atoms with Gasteiger partial charge in [0.05, 0.1) is 19.8 Å². The molecule has 4 nitrogen and oxygen atoms in total. The summed E-state index contributed by atoms with van der Waals surface area (Å²) in [5.74, 6) is 1.08. The summed E-state index contributed by atoms with van der Waals surface area (Å²) < 4.78 is 17.2. The highest BCUT2D eigenvalue weighted by Gasteiger charge is 2.16. The number of halogens is 1. The van der Waals surface area contributed by atoms with E-state index in [-0.39, 0.29) is 0 Å². The Balaban J connectivity index is 1.61. The molecule has 5 heteroatoms. The lowest BCUT2D eigenvalue weighted by Crippen LogP contribution is -2.16. The van der Waals surface area contributed by atoms with E-state index in [9.17, 15) is 0 Å². The highest BCUT2D eigenvalue weighted by Crippen LogP contribution is 2.32. The average molecular weight is 358 g/mol. The van der Waals surface area contributed by atoms with Crippen molar-refractivity contribution in [3.63, 3.8) is 0 Å². The number of rotatable bonds is 10. The minimum atomic E-state index is 0.673.